The number of hydrogen-bond donors (Lipinski definition) is 1. The second-order valence-corrected chi connectivity index (χ2v) is 13.4. The molecule has 2 aliphatic heterocycles. The van der Waals surface area contributed by atoms with E-state index in [1.165, 1.54) is 30.2 Å². The smallest absolute Gasteiger partial charge is 0.309 e. The van der Waals surface area contributed by atoms with Gasteiger partial charge < -0.3 is 15.0 Å². The third-order valence-electron chi connectivity index (χ3n) is 9.69. The number of nitro benzene ring substituents is 1. The van der Waals surface area contributed by atoms with E-state index in [-0.39, 0.29) is 34.9 Å². The Kier molecular flexibility index (Phi) is 8.99. The molecule has 1 aliphatic carbocycles. The number of benzene rings is 3. The fourth-order valence-corrected chi connectivity index (χ4v) is 7.64. The van der Waals surface area contributed by atoms with E-state index in [1.807, 2.05) is 4.90 Å². The molecule has 0 unspecified atom stereocenters. The molecule has 0 radical (unpaired) electrons. The molecule has 3 aliphatic rings. The van der Waals surface area contributed by atoms with E-state index in [2.05, 4.69) is 5.32 Å². The lowest BCUT2D eigenvalue weighted by atomic mass is 9.72. The summed E-state index contributed by atoms with van der Waals surface area (Å²) in [5, 5.41) is 15.5. The number of likely N-dealkylation sites (tertiary alicyclic amines) is 1. The number of methoxy groups -OCH3 is 1. The zero-order valence-electron chi connectivity index (χ0n) is 25.8. The van der Waals surface area contributed by atoms with Crippen LogP contribution in [-0.2, 0) is 25.5 Å². The third kappa shape index (κ3) is 6.08. The average molecular weight is 684 g/mol. The number of nitro groups is 1. The highest BCUT2D eigenvalue weighted by Crippen LogP contribution is 2.55. The van der Waals surface area contributed by atoms with Crippen molar-refractivity contribution >= 4 is 58.0 Å². The Labute approximate surface area is 280 Å². The maximum absolute atomic E-state index is 16.0. The minimum atomic E-state index is -1.42. The molecule has 10 nitrogen and oxygen atoms in total. The van der Waals surface area contributed by atoms with Crippen molar-refractivity contribution in [3.63, 3.8) is 0 Å². The van der Waals surface area contributed by atoms with E-state index in [9.17, 15) is 24.5 Å². The molecule has 0 spiro atoms. The largest absolute Gasteiger partial charge is 0.469 e. The highest BCUT2D eigenvalue weighted by Gasteiger charge is 2.65. The van der Waals surface area contributed by atoms with E-state index in [0.29, 0.717) is 35.2 Å². The van der Waals surface area contributed by atoms with Gasteiger partial charge in [-0.1, -0.05) is 47.5 Å². The molecule has 3 aromatic carbocycles. The van der Waals surface area contributed by atoms with Crippen LogP contribution in [0.25, 0.3) is 0 Å². The van der Waals surface area contributed by atoms with E-state index in [4.69, 9.17) is 27.9 Å². The van der Waals surface area contributed by atoms with Crippen molar-refractivity contribution in [2.24, 2.45) is 11.8 Å². The summed E-state index contributed by atoms with van der Waals surface area (Å²) in [6.07, 6.45) is 2.14. The zero-order valence-corrected chi connectivity index (χ0v) is 27.3. The van der Waals surface area contributed by atoms with E-state index < -0.39 is 51.9 Å². The van der Waals surface area contributed by atoms with Gasteiger partial charge in [0.25, 0.3) is 5.69 Å². The molecule has 2 saturated heterocycles. The van der Waals surface area contributed by atoms with Gasteiger partial charge in [0.1, 0.15) is 17.0 Å². The number of nitrogens with zero attached hydrogens (tertiary/aromatic N) is 3. The molecule has 3 aromatic rings. The number of anilines is 2. The van der Waals surface area contributed by atoms with Crippen LogP contribution >= 0.6 is 23.2 Å². The number of amides is 2. The van der Waals surface area contributed by atoms with Crippen LogP contribution < -0.4 is 10.2 Å². The maximum atomic E-state index is 16.0. The van der Waals surface area contributed by atoms with Crippen molar-refractivity contribution in [3.8, 4) is 0 Å². The highest BCUT2D eigenvalue weighted by atomic mass is 35.5. The lowest BCUT2D eigenvalue weighted by molar-refractivity contribution is -0.384. The molecule has 246 valence electrons. The molecule has 0 aromatic heterocycles. The van der Waals surface area contributed by atoms with Crippen LogP contribution in [0.15, 0.2) is 60.7 Å². The molecule has 13 heteroatoms. The Bertz CT molecular complexity index is 1770. The standard InChI is InChI=1S/C34H33Cl2FN4O6/c1-34(33(44)38-22-6-3-5-21(35)17-22)30(23-7-4-8-24(36)31(23)37)29-26(40(34)18-19-9-10-19)13-14-39(32(29)43)25-12-11-20(16-28(42)47-2)15-27(25)41(45)46/h3-8,11-12,15,17,19,26,29-30H,9-10,13-14,16,18H2,1-2H3,(H,38,44)/t26-,29+,30-,34+/m0/s1. The van der Waals surface area contributed by atoms with Gasteiger partial charge in [0.15, 0.2) is 0 Å². The summed E-state index contributed by atoms with van der Waals surface area (Å²) < 4.78 is 20.7. The molecule has 2 heterocycles. The summed E-state index contributed by atoms with van der Waals surface area (Å²) in [5.41, 5.74) is -0.789. The molecule has 2 amide bonds. The Morgan fingerprint density at radius 1 is 1.11 bits per heavy atom. The second-order valence-electron chi connectivity index (χ2n) is 12.5. The van der Waals surface area contributed by atoms with E-state index >= 15 is 4.39 Å². The number of carbonyl (C=O) groups is 3. The highest BCUT2D eigenvalue weighted by molar-refractivity contribution is 6.31. The molecular weight excluding hydrogens is 650 g/mol. The van der Waals surface area contributed by atoms with Crippen molar-refractivity contribution in [3.05, 3.63) is 97.8 Å². The summed E-state index contributed by atoms with van der Waals surface area (Å²) in [7, 11) is 1.23. The van der Waals surface area contributed by atoms with Gasteiger partial charge in [0, 0.05) is 41.8 Å². The van der Waals surface area contributed by atoms with Gasteiger partial charge in [0.2, 0.25) is 11.8 Å². The van der Waals surface area contributed by atoms with Gasteiger partial charge in [0.05, 0.1) is 29.4 Å². The first-order valence-electron chi connectivity index (χ1n) is 15.4. The molecule has 1 saturated carbocycles. The van der Waals surface area contributed by atoms with E-state index in [0.717, 1.165) is 12.8 Å². The first kappa shape index (κ1) is 32.9. The molecule has 4 atom stereocenters. The SMILES string of the molecule is COC(=O)Cc1ccc(N2CC[C@H]3[C@@H](C2=O)[C@H](c2cccc(Cl)c2F)[C@](C)(C(=O)Nc2cccc(Cl)c2)N3CC2CC2)c([N+](=O)[O-])c1. The molecule has 1 N–H and O–H groups in total. The number of esters is 1. The van der Waals surface area contributed by atoms with Crippen LogP contribution in [0.4, 0.5) is 21.5 Å². The fraction of sp³-hybridized carbons (Fsp3) is 0.382. The summed E-state index contributed by atoms with van der Waals surface area (Å²) >= 11 is 12.5. The summed E-state index contributed by atoms with van der Waals surface area (Å²) in [4.78, 5) is 56.2. The van der Waals surface area contributed by atoms with Gasteiger partial charge in [-0.15, -0.1) is 0 Å². The van der Waals surface area contributed by atoms with Crippen molar-refractivity contribution < 1.29 is 28.4 Å². The fourth-order valence-electron chi connectivity index (χ4n) is 7.27. The monoisotopic (exact) mass is 682 g/mol. The van der Waals surface area contributed by atoms with Crippen LogP contribution in [-0.4, -0.2) is 59.4 Å². The second kappa shape index (κ2) is 12.9. The number of carbonyl (C=O) groups excluding carboxylic acids is 3. The van der Waals surface area contributed by atoms with Gasteiger partial charge in [-0.25, -0.2) is 4.39 Å². The first-order valence-corrected chi connectivity index (χ1v) is 16.1. The summed E-state index contributed by atoms with van der Waals surface area (Å²) in [5.74, 6) is -3.82. The number of fused-ring (bicyclic) bond motifs is 1. The molecule has 6 rings (SSSR count). The number of halogens is 3. The molecule has 3 fully saturated rings. The number of ether oxygens (including phenoxy) is 1. The van der Waals surface area contributed by atoms with Crippen LogP contribution in [0.3, 0.4) is 0 Å². The first-order chi connectivity index (χ1) is 22.4. The Hall–Kier alpha value is -4.06. The van der Waals surface area contributed by atoms with Gasteiger partial charge >= 0.3 is 5.97 Å². The van der Waals surface area contributed by atoms with Gasteiger partial charge in [-0.05, 0) is 73.6 Å². The zero-order chi connectivity index (χ0) is 33.6. The lowest BCUT2D eigenvalue weighted by Crippen LogP contribution is -2.56. The van der Waals surface area contributed by atoms with Crippen LogP contribution in [0.1, 0.15) is 43.2 Å². The average Bonchev–Trinajstić information content (AvgIpc) is 3.83. The third-order valence-corrected chi connectivity index (χ3v) is 10.2. The summed E-state index contributed by atoms with van der Waals surface area (Å²) in [6, 6.07) is 15.0. The van der Waals surface area contributed by atoms with Crippen molar-refractivity contribution in [2.45, 2.75) is 50.1 Å². The van der Waals surface area contributed by atoms with Crippen molar-refractivity contribution in [1.29, 1.82) is 0 Å². The van der Waals surface area contributed by atoms with Crippen LogP contribution in [0, 0.1) is 27.8 Å². The maximum Gasteiger partial charge on any atom is 0.309 e. The number of rotatable bonds is 9. The van der Waals surface area contributed by atoms with Crippen LogP contribution in [0.2, 0.25) is 10.0 Å². The van der Waals surface area contributed by atoms with Crippen molar-refractivity contribution in [1.82, 2.24) is 4.90 Å². The predicted octanol–water partition coefficient (Wildman–Crippen LogP) is 6.38. The number of hydrogen-bond acceptors (Lipinski definition) is 7. The molecule has 47 heavy (non-hydrogen) atoms. The lowest BCUT2D eigenvalue weighted by Gasteiger charge is -2.40. The molecule has 0 bridgehead atoms. The minimum absolute atomic E-state index is 0.0584. The Balaban J connectivity index is 1.47. The predicted molar refractivity (Wildman–Crippen MR) is 175 cm³/mol. The van der Waals surface area contributed by atoms with E-state index in [1.54, 1.807) is 49.4 Å². The number of piperidine rings is 1. The van der Waals surface area contributed by atoms with Crippen LogP contribution in [0.5, 0.6) is 0 Å². The van der Waals surface area contributed by atoms with Gasteiger partial charge in [-0.3, -0.25) is 29.4 Å². The quantitative estimate of drug-likeness (QED) is 0.158. The Morgan fingerprint density at radius 2 is 1.85 bits per heavy atom. The Morgan fingerprint density at radius 3 is 2.53 bits per heavy atom. The van der Waals surface area contributed by atoms with Gasteiger partial charge in [-0.2, -0.15) is 0 Å². The number of nitrogens with one attached hydrogen (secondary N) is 1. The topological polar surface area (TPSA) is 122 Å². The van der Waals surface area contributed by atoms with Crippen molar-refractivity contribution in [2.75, 3.05) is 30.4 Å². The minimum Gasteiger partial charge on any atom is -0.469 e. The molecular formula is C34H33Cl2FN4O6. The normalized spacial score (nSPS) is 24.1. The summed E-state index contributed by atoms with van der Waals surface area (Å²) in [6.45, 7) is 2.39.